The van der Waals surface area contributed by atoms with Crippen molar-refractivity contribution in [3.8, 4) is 33.6 Å². The van der Waals surface area contributed by atoms with Gasteiger partial charge in [0.1, 0.15) is 17.7 Å². The lowest BCUT2D eigenvalue weighted by atomic mass is 9.78. The molecule has 3 amide bonds. The second-order valence-electron chi connectivity index (χ2n) is 15.1. The van der Waals surface area contributed by atoms with Gasteiger partial charge in [0.15, 0.2) is 0 Å². The average molecular weight is 758 g/mol. The third-order valence-corrected chi connectivity index (χ3v) is 11.9. The van der Waals surface area contributed by atoms with Gasteiger partial charge in [0.2, 0.25) is 11.8 Å². The Morgan fingerprint density at radius 1 is 0.821 bits per heavy atom. The molecule has 2 unspecified atom stereocenters. The van der Waals surface area contributed by atoms with Crippen molar-refractivity contribution in [3.63, 3.8) is 0 Å². The minimum Gasteiger partial charge on any atom is -0.453 e. The number of carbonyl (C=O) groups is 3. The van der Waals surface area contributed by atoms with Crippen LogP contribution in [0.25, 0.3) is 33.6 Å². The van der Waals surface area contributed by atoms with E-state index in [-0.39, 0.29) is 29.7 Å². The molecule has 7 atom stereocenters. The molecule has 2 saturated carbocycles. The van der Waals surface area contributed by atoms with E-state index in [0.29, 0.717) is 30.7 Å². The molecule has 5 aromatic rings. The standard InChI is InChI=1S/C42H47N9O5/c1-24(55-2)37(50-42(54)56-3)41(53)51-18-4-5-34(51)38-45-22-32(48-38)27-10-6-25(7-11-27)26-8-12-28(13-9-26)33-23-46-39(49-33)35-29-14-15-30(19-29)36(35)40(52)47-21-31-20-43-16-17-44-31/h6-13,16-17,20,22-24,29-30,34-37H,4-5,14-15,18-19,21H2,1-3H3,(H,45,48)(H,46,49)(H,47,52)(H,50,54)/t24-,29?,30?,34+,35+,36+,37+/m1/s1. The van der Waals surface area contributed by atoms with Crippen molar-refractivity contribution < 1.29 is 23.9 Å². The summed E-state index contributed by atoms with van der Waals surface area (Å²) in [6.45, 7) is 2.66. The molecule has 56 heavy (non-hydrogen) atoms. The summed E-state index contributed by atoms with van der Waals surface area (Å²) in [6.07, 6.45) is 12.2. The number of ether oxygens (including phenoxy) is 2. The first-order chi connectivity index (χ1) is 27.3. The Morgan fingerprint density at radius 3 is 2.11 bits per heavy atom. The Labute approximate surface area is 325 Å². The number of amides is 3. The highest BCUT2D eigenvalue weighted by Gasteiger charge is 2.52. The van der Waals surface area contributed by atoms with Gasteiger partial charge in [-0.05, 0) is 73.1 Å². The van der Waals surface area contributed by atoms with Crippen LogP contribution < -0.4 is 10.6 Å². The number of aromatic amines is 2. The molecule has 1 saturated heterocycles. The Morgan fingerprint density at radius 2 is 1.46 bits per heavy atom. The van der Waals surface area contributed by atoms with Gasteiger partial charge in [0, 0.05) is 32.0 Å². The average Bonchev–Trinajstić information content (AvgIpc) is 4.10. The number of aromatic nitrogens is 6. The van der Waals surface area contributed by atoms with Gasteiger partial charge in [-0.25, -0.2) is 14.8 Å². The predicted octanol–water partition coefficient (Wildman–Crippen LogP) is 5.79. The summed E-state index contributed by atoms with van der Waals surface area (Å²) in [5.41, 5.74) is 6.70. The summed E-state index contributed by atoms with van der Waals surface area (Å²) >= 11 is 0. The van der Waals surface area contributed by atoms with Gasteiger partial charge in [0.05, 0.1) is 67.4 Å². The summed E-state index contributed by atoms with van der Waals surface area (Å²) in [7, 11) is 2.77. The van der Waals surface area contributed by atoms with Crippen LogP contribution in [-0.2, 0) is 25.6 Å². The molecule has 4 heterocycles. The number of likely N-dealkylation sites (tertiary alicyclic amines) is 1. The molecule has 2 aromatic carbocycles. The number of hydrogen-bond donors (Lipinski definition) is 4. The first kappa shape index (κ1) is 37.1. The highest BCUT2D eigenvalue weighted by molar-refractivity contribution is 5.87. The zero-order chi connectivity index (χ0) is 38.8. The van der Waals surface area contributed by atoms with Gasteiger partial charge in [-0.3, -0.25) is 19.6 Å². The molecule has 14 nitrogen and oxygen atoms in total. The Balaban J connectivity index is 0.918. The predicted molar refractivity (Wildman–Crippen MR) is 207 cm³/mol. The fraction of sp³-hybridized carbons (Fsp3) is 0.405. The normalized spacial score (nSPS) is 22.5. The number of nitrogens with zero attached hydrogens (tertiary/aromatic N) is 5. The van der Waals surface area contributed by atoms with Crippen LogP contribution >= 0.6 is 0 Å². The molecule has 3 fully saturated rings. The van der Waals surface area contributed by atoms with E-state index in [1.807, 2.05) is 6.20 Å². The Kier molecular flexibility index (Phi) is 10.6. The first-order valence-electron chi connectivity index (χ1n) is 19.3. The van der Waals surface area contributed by atoms with Crippen LogP contribution in [0, 0.1) is 17.8 Å². The second kappa shape index (κ2) is 16.1. The molecular weight excluding hydrogens is 711 g/mol. The van der Waals surface area contributed by atoms with Crippen LogP contribution in [0.3, 0.4) is 0 Å². The van der Waals surface area contributed by atoms with Crippen LogP contribution in [0.1, 0.15) is 68.3 Å². The molecule has 2 aliphatic carbocycles. The summed E-state index contributed by atoms with van der Waals surface area (Å²) in [6, 6.07) is 15.6. The SMILES string of the molecule is COC(=O)N[C@H](C(=O)N1CCC[C@H]1c1ncc(-c2ccc(-c3ccc(-c4cnc([C@H]5C6CCC(C6)[C@@H]5C(=O)NCc5cnccn5)[nH]4)cc3)cc2)[nH]1)[C@@H](C)OC. The van der Waals surface area contributed by atoms with Crippen LogP contribution in [0.4, 0.5) is 4.79 Å². The van der Waals surface area contributed by atoms with Crippen LogP contribution in [0.5, 0.6) is 0 Å². The largest absolute Gasteiger partial charge is 0.453 e. The third-order valence-electron chi connectivity index (χ3n) is 11.9. The number of hydrogen-bond acceptors (Lipinski definition) is 9. The summed E-state index contributed by atoms with van der Waals surface area (Å²) < 4.78 is 10.2. The number of nitrogens with one attached hydrogen (secondary N) is 4. The quantitative estimate of drug-likeness (QED) is 0.123. The van der Waals surface area contributed by atoms with Gasteiger partial charge < -0.3 is 35.0 Å². The Hall–Kier alpha value is -5.89. The van der Waals surface area contributed by atoms with Crippen molar-refractivity contribution in [2.45, 2.75) is 69.7 Å². The number of carbonyl (C=O) groups excluding carboxylic acids is 3. The first-order valence-corrected chi connectivity index (χ1v) is 19.3. The fourth-order valence-electron chi connectivity index (χ4n) is 8.96. The lowest BCUT2D eigenvalue weighted by Crippen LogP contribution is -2.54. The lowest BCUT2D eigenvalue weighted by molar-refractivity contribution is -0.137. The second-order valence-corrected chi connectivity index (χ2v) is 15.1. The van der Waals surface area contributed by atoms with E-state index in [2.05, 4.69) is 84.1 Å². The molecular formula is C42H47N9O5. The van der Waals surface area contributed by atoms with Crippen molar-refractivity contribution in [2.24, 2.45) is 17.8 Å². The molecule has 4 N–H and O–H groups in total. The highest BCUT2D eigenvalue weighted by atomic mass is 16.5. The van der Waals surface area contributed by atoms with Gasteiger partial charge in [-0.15, -0.1) is 0 Å². The van der Waals surface area contributed by atoms with E-state index in [1.165, 1.54) is 14.2 Å². The maximum Gasteiger partial charge on any atom is 0.407 e. The summed E-state index contributed by atoms with van der Waals surface area (Å²) in [5.74, 6) is 2.21. The van der Waals surface area contributed by atoms with E-state index in [9.17, 15) is 14.4 Å². The molecule has 14 heteroatoms. The van der Waals surface area contributed by atoms with Gasteiger partial charge in [0.25, 0.3) is 0 Å². The molecule has 8 rings (SSSR count). The van der Waals surface area contributed by atoms with Gasteiger partial charge >= 0.3 is 6.09 Å². The zero-order valence-corrected chi connectivity index (χ0v) is 31.8. The number of H-pyrrole nitrogens is 2. The zero-order valence-electron chi connectivity index (χ0n) is 31.8. The van der Waals surface area contributed by atoms with E-state index in [1.54, 1.807) is 36.6 Å². The van der Waals surface area contributed by atoms with E-state index in [0.717, 1.165) is 77.3 Å². The number of imidazole rings is 2. The number of rotatable bonds is 12. The molecule has 3 aliphatic rings. The van der Waals surface area contributed by atoms with E-state index < -0.39 is 18.2 Å². The van der Waals surface area contributed by atoms with Crippen molar-refractivity contribution >= 4 is 17.9 Å². The van der Waals surface area contributed by atoms with Crippen LogP contribution in [0.2, 0.25) is 0 Å². The minimum atomic E-state index is -0.886. The number of methoxy groups -OCH3 is 2. The highest BCUT2D eigenvalue weighted by Crippen LogP contribution is 2.56. The van der Waals surface area contributed by atoms with Crippen LogP contribution in [0.15, 0.2) is 79.5 Å². The minimum absolute atomic E-state index is 0.0686. The fourth-order valence-corrected chi connectivity index (χ4v) is 8.96. The molecule has 0 spiro atoms. The molecule has 290 valence electrons. The van der Waals surface area contributed by atoms with E-state index in [4.69, 9.17) is 14.5 Å². The summed E-state index contributed by atoms with van der Waals surface area (Å²) in [5, 5.41) is 5.74. The molecule has 3 aromatic heterocycles. The summed E-state index contributed by atoms with van der Waals surface area (Å²) in [4.78, 5) is 65.8. The molecule has 1 aliphatic heterocycles. The Bertz CT molecular complexity index is 2150. The van der Waals surface area contributed by atoms with Crippen molar-refractivity contribution in [3.05, 3.63) is 96.9 Å². The topological polar surface area (TPSA) is 180 Å². The number of alkyl carbamates (subject to hydrolysis) is 1. The maximum absolute atomic E-state index is 13.6. The van der Waals surface area contributed by atoms with Gasteiger partial charge in [-0.1, -0.05) is 48.5 Å². The maximum atomic E-state index is 13.6. The van der Waals surface area contributed by atoms with E-state index >= 15 is 0 Å². The van der Waals surface area contributed by atoms with Crippen molar-refractivity contribution in [2.75, 3.05) is 20.8 Å². The molecule has 2 bridgehead atoms. The van der Waals surface area contributed by atoms with Gasteiger partial charge in [-0.2, -0.15) is 0 Å². The number of benzene rings is 2. The smallest absolute Gasteiger partial charge is 0.407 e. The monoisotopic (exact) mass is 757 g/mol. The molecule has 0 radical (unpaired) electrons. The number of fused-ring (bicyclic) bond motifs is 2. The van der Waals surface area contributed by atoms with Crippen molar-refractivity contribution in [1.29, 1.82) is 0 Å². The third kappa shape index (κ3) is 7.40. The van der Waals surface area contributed by atoms with Crippen molar-refractivity contribution in [1.82, 2.24) is 45.4 Å². The lowest BCUT2D eigenvalue weighted by Gasteiger charge is -2.30. The van der Waals surface area contributed by atoms with Crippen LogP contribution in [-0.4, -0.2) is 85.6 Å².